The predicted molar refractivity (Wildman–Crippen MR) is 132 cm³/mol. The van der Waals surface area contributed by atoms with Gasteiger partial charge in [0.25, 0.3) is 0 Å². The van der Waals surface area contributed by atoms with E-state index in [0.717, 1.165) is 16.5 Å². The van der Waals surface area contributed by atoms with E-state index in [1.54, 1.807) is 18.2 Å². The summed E-state index contributed by atoms with van der Waals surface area (Å²) in [6, 6.07) is 12.9. The number of nitrogens with zero attached hydrogens (tertiary/aromatic N) is 1. The third-order valence-corrected chi connectivity index (χ3v) is 6.45. The van der Waals surface area contributed by atoms with Crippen molar-refractivity contribution in [3.63, 3.8) is 0 Å². The fourth-order valence-electron chi connectivity index (χ4n) is 3.86. The van der Waals surface area contributed by atoms with E-state index < -0.39 is 42.5 Å². The van der Waals surface area contributed by atoms with E-state index in [9.17, 15) is 40.2 Å². The third kappa shape index (κ3) is 7.13. The largest absolute Gasteiger partial charge is 0.458 e. The van der Waals surface area contributed by atoms with Crippen LogP contribution in [-0.2, 0) is 12.3 Å². The molecule has 0 radical (unpaired) electrons. The minimum Gasteiger partial charge on any atom is -0.457 e. The molecule has 2 atom stereocenters. The lowest BCUT2D eigenvalue weighted by atomic mass is 9.99. The van der Waals surface area contributed by atoms with E-state index in [-0.39, 0.29) is 17.0 Å². The molecular weight excluding hydrogens is 558 g/mol. The van der Waals surface area contributed by atoms with Gasteiger partial charge in [0.2, 0.25) is 0 Å². The van der Waals surface area contributed by atoms with E-state index in [4.69, 9.17) is 16.3 Å². The first kappa shape index (κ1) is 30.5. The average molecular weight is 582 g/mol. The number of alkyl halides is 8. The van der Waals surface area contributed by atoms with Crippen molar-refractivity contribution in [1.29, 1.82) is 0 Å². The molecule has 3 aromatic rings. The van der Waals surface area contributed by atoms with Crippen molar-refractivity contribution in [2.75, 3.05) is 11.4 Å². The lowest BCUT2D eigenvalue weighted by Gasteiger charge is -2.34. The van der Waals surface area contributed by atoms with Gasteiger partial charge in [-0.2, -0.15) is 35.1 Å². The molecule has 3 aromatic carbocycles. The molecule has 3 nitrogen and oxygen atoms in total. The molecule has 0 saturated heterocycles. The number of benzene rings is 3. The van der Waals surface area contributed by atoms with Crippen molar-refractivity contribution in [3.05, 3.63) is 88.4 Å². The third-order valence-electron chi connectivity index (χ3n) is 6.09. The molecule has 0 amide bonds. The first-order valence-corrected chi connectivity index (χ1v) is 12.0. The summed E-state index contributed by atoms with van der Waals surface area (Å²) >= 11 is 6.12. The molecule has 0 heterocycles. The van der Waals surface area contributed by atoms with E-state index in [1.165, 1.54) is 37.3 Å². The Morgan fingerprint density at radius 1 is 0.872 bits per heavy atom. The van der Waals surface area contributed by atoms with E-state index in [1.807, 2.05) is 6.92 Å². The number of hydrogen-bond acceptors (Lipinski definition) is 3. The van der Waals surface area contributed by atoms with E-state index in [2.05, 4.69) is 0 Å². The number of halogens is 9. The van der Waals surface area contributed by atoms with Gasteiger partial charge in [0.05, 0.1) is 12.6 Å². The molecule has 0 spiro atoms. The molecule has 39 heavy (non-hydrogen) atoms. The molecule has 0 bridgehead atoms. The molecule has 1 N–H and O–H groups in total. The Kier molecular flexibility index (Phi) is 9.06. The van der Waals surface area contributed by atoms with Gasteiger partial charge in [-0.3, -0.25) is 0 Å². The first-order valence-electron chi connectivity index (χ1n) is 11.7. The lowest BCUT2D eigenvalue weighted by Crippen LogP contribution is -2.42. The second-order valence-corrected chi connectivity index (χ2v) is 9.20. The number of ether oxygens (including phenoxy) is 1. The molecule has 0 aromatic heterocycles. The number of hydrogen-bond donors (Lipinski definition) is 1. The van der Waals surface area contributed by atoms with Crippen LogP contribution in [0.1, 0.15) is 36.6 Å². The van der Waals surface area contributed by atoms with Crippen molar-refractivity contribution >= 4 is 17.3 Å². The van der Waals surface area contributed by atoms with Crippen molar-refractivity contribution in [1.82, 2.24) is 0 Å². The normalized spacial score (nSPS) is 14.2. The van der Waals surface area contributed by atoms with Crippen molar-refractivity contribution < 1.29 is 45.0 Å². The highest BCUT2D eigenvalue weighted by molar-refractivity contribution is 6.31. The molecule has 212 valence electrons. The van der Waals surface area contributed by atoms with Gasteiger partial charge in [-0.15, -0.1) is 0 Å². The Balaban J connectivity index is 2.01. The second-order valence-electron chi connectivity index (χ2n) is 8.79. The Morgan fingerprint density at radius 3 is 2.13 bits per heavy atom. The van der Waals surface area contributed by atoms with Gasteiger partial charge in [0.15, 0.2) is 6.10 Å². The topological polar surface area (TPSA) is 32.7 Å². The predicted octanol–water partition coefficient (Wildman–Crippen LogP) is 8.84. The molecule has 1 unspecified atom stereocenters. The molecule has 12 heteroatoms. The maximum Gasteiger partial charge on any atom is 0.458 e. The number of anilines is 1. The smallest absolute Gasteiger partial charge is 0.457 e. The van der Waals surface area contributed by atoms with Gasteiger partial charge in [-0.05, 0) is 60.9 Å². The van der Waals surface area contributed by atoms with Crippen LogP contribution in [-0.4, -0.2) is 30.1 Å². The lowest BCUT2D eigenvalue weighted by molar-refractivity contribution is -0.289. The Labute approximate surface area is 224 Å². The zero-order valence-electron chi connectivity index (χ0n) is 20.6. The maximum absolute atomic E-state index is 14.0. The van der Waals surface area contributed by atoms with Crippen molar-refractivity contribution in [2.45, 2.75) is 50.7 Å². The molecule has 3 rings (SSSR count). The van der Waals surface area contributed by atoms with E-state index >= 15 is 0 Å². The number of aliphatic hydroxyl groups excluding tert-OH is 1. The van der Waals surface area contributed by atoms with E-state index in [0.29, 0.717) is 29.3 Å². The van der Waals surface area contributed by atoms with Crippen LogP contribution in [0, 0.1) is 0 Å². The fraction of sp³-hybridized carbons (Fsp3) is 0.333. The van der Waals surface area contributed by atoms with Gasteiger partial charge in [0, 0.05) is 22.3 Å². The summed E-state index contributed by atoms with van der Waals surface area (Å²) in [5.74, 6) is -4.58. The summed E-state index contributed by atoms with van der Waals surface area (Å²) in [4.78, 5) is 1.05. The van der Waals surface area contributed by atoms with Gasteiger partial charge in [-0.1, -0.05) is 42.8 Å². The van der Waals surface area contributed by atoms with Crippen LogP contribution in [0.5, 0.6) is 11.5 Å². The number of aliphatic hydroxyl groups is 1. The molecule has 0 saturated carbocycles. The zero-order chi connectivity index (χ0) is 29.2. The summed E-state index contributed by atoms with van der Waals surface area (Å²) in [7, 11) is 0. The van der Waals surface area contributed by atoms with Crippen molar-refractivity contribution in [2.24, 2.45) is 0 Å². The summed E-state index contributed by atoms with van der Waals surface area (Å²) in [5, 5.41) is 10.3. The van der Waals surface area contributed by atoms with Gasteiger partial charge in [-0.25, -0.2) is 0 Å². The van der Waals surface area contributed by atoms with Crippen LogP contribution in [0.4, 0.5) is 40.8 Å². The van der Waals surface area contributed by atoms with Gasteiger partial charge >= 0.3 is 18.3 Å². The second kappa shape index (κ2) is 11.6. The number of aryl methyl sites for hydroxylation is 1. The summed E-state index contributed by atoms with van der Waals surface area (Å²) in [6.45, 7) is 2.18. The quantitative estimate of drug-likeness (QED) is 0.256. The summed E-state index contributed by atoms with van der Waals surface area (Å²) in [6.07, 6.45) is -13.1. The van der Waals surface area contributed by atoms with Crippen LogP contribution < -0.4 is 9.64 Å². The standard InChI is InChI=1S/C27H24ClF8NO2/c1-3-17-13-22(10-11-23(17)28)39-21-9-5-8-20(14-21)37(15-24(38)26(31,32)33)16(2)18-6-4-7-19(12-18)25(29,30)27(34,35)36/h4-14,16,24,38H,3,15H2,1-2H3/t16?,24-/m1/s1. The Morgan fingerprint density at radius 2 is 1.51 bits per heavy atom. The Bertz CT molecular complexity index is 1280. The molecule has 0 aliphatic carbocycles. The zero-order valence-corrected chi connectivity index (χ0v) is 21.4. The first-order chi connectivity index (χ1) is 18.0. The number of rotatable bonds is 9. The monoisotopic (exact) mass is 581 g/mol. The van der Waals surface area contributed by atoms with Crippen LogP contribution in [0.15, 0.2) is 66.7 Å². The van der Waals surface area contributed by atoms with Crippen LogP contribution in [0.25, 0.3) is 0 Å². The van der Waals surface area contributed by atoms with Gasteiger partial charge in [0.1, 0.15) is 11.5 Å². The highest BCUT2D eigenvalue weighted by Gasteiger charge is 2.58. The average Bonchev–Trinajstić information content (AvgIpc) is 2.86. The van der Waals surface area contributed by atoms with Crippen molar-refractivity contribution in [3.8, 4) is 11.5 Å². The summed E-state index contributed by atoms with van der Waals surface area (Å²) in [5.41, 5.74) is -0.588. The summed E-state index contributed by atoms with van der Waals surface area (Å²) < 4.78 is 112. The molecule has 0 fully saturated rings. The maximum atomic E-state index is 14.0. The molecule has 0 aliphatic heterocycles. The minimum absolute atomic E-state index is 0.0981. The van der Waals surface area contributed by atoms with Gasteiger partial charge < -0.3 is 14.7 Å². The fourth-order valence-corrected chi connectivity index (χ4v) is 4.11. The molecular formula is C27H24ClF8NO2. The highest BCUT2D eigenvalue weighted by Crippen LogP contribution is 2.44. The van der Waals surface area contributed by atoms with Crippen LogP contribution in [0.3, 0.4) is 0 Å². The highest BCUT2D eigenvalue weighted by atomic mass is 35.5. The SMILES string of the molecule is CCc1cc(Oc2cccc(N(C[C@@H](O)C(F)(F)F)C(C)c3cccc(C(F)(F)C(F)(F)F)c3)c2)ccc1Cl. The minimum atomic E-state index is -5.87. The van der Waals surface area contributed by atoms with Crippen LogP contribution in [0.2, 0.25) is 5.02 Å². The Hall–Kier alpha value is -3.05. The molecule has 0 aliphatic rings. The van der Waals surface area contributed by atoms with Crippen LogP contribution >= 0.6 is 11.6 Å².